The first-order chi connectivity index (χ1) is 0. The van der Waals surface area contributed by atoms with Crippen LogP contribution >= 0.6 is 0 Å². The third kappa shape index (κ3) is 19.3. The van der Waals surface area contributed by atoms with Gasteiger partial charge in [0.25, 0.3) is 0 Å². The van der Waals surface area contributed by atoms with Gasteiger partial charge in [-0.25, -0.2) is 0 Å². The Morgan fingerprint density at radius 1 is 1.00 bits per heavy atom. The van der Waals surface area contributed by atoms with E-state index in [-0.39, 0.29) is 102 Å². The van der Waals surface area contributed by atoms with Gasteiger partial charge in [0, 0.05) is 93.2 Å². The van der Waals surface area contributed by atoms with E-state index in [2.05, 4.69) is 0 Å². The Morgan fingerprint density at radius 2 is 1.00 bits per heavy atom. The molecule has 0 fully saturated rings. The first kappa shape index (κ1) is 43.0. The predicted octanol–water partition coefficient (Wildman–Crippen LogP) is -1.19. The molecule has 0 nitrogen and oxygen atoms in total. The smallest absolute Gasteiger partial charge is 0 e. The first-order valence-corrected chi connectivity index (χ1v) is 0. The van der Waals surface area contributed by atoms with Crippen LogP contribution in [-0.2, 0) is 54.6 Å². The van der Waals surface area contributed by atoms with Crippen LogP contribution in [0, 0.1) is 38.6 Å². The average molecular weight is 470 g/mol. The molecule has 0 saturated heterocycles. The predicted molar refractivity (Wildman–Crippen MR) is 9.94 cm³/mol. The van der Waals surface area contributed by atoms with Crippen LogP contribution in [0.3, 0.4) is 0 Å². The SMILES string of the molecule is B.[Co].[Cr].[Re].[Tb]. The second-order valence-corrected chi connectivity index (χ2v) is 0. The van der Waals surface area contributed by atoms with E-state index in [0.29, 0.717) is 0 Å². The van der Waals surface area contributed by atoms with Crippen molar-refractivity contribution in [2.75, 3.05) is 0 Å². The summed E-state index contributed by atoms with van der Waals surface area (Å²) in [6.45, 7) is 0. The van der Waals surface area contributed by atoms with Crippen LogP contribution in [0.15, 0.2) is 0 Å². The Morgan fingerprint density at radius 3 is 1.00 bits per heavy atom. The monoisotopic (exact) mass is 471 g/mol. The van der Waals surface area contributed by atoms with Crippen LogP contribution in [0.4, 0.5) is 0 Å². The summed E-state index contributed by atoms with van der Waals surface area (Å²) in [6, 6.07) is 0. The molecule has 0 bridgehead atoms. The Balaban J connectivity index is 0. The van der Waals surface area contributed by atoms with Gasteiger partial charge in [0.1, 0.15) is 0 Å². The average Bonchev–Trinajstić information content (AvgIpc) is 0. The van der Waals surface area contributed by atoms with Crippen LogP contribution in [0.2, 0.25) is 0 Å². The van der Waals surface area contributed by atoms with Crippen LogP contribution in [-0.4, -0.2) is 8.41 Å². The molecule has 0 atom stereocenters. The minimum absolute atomic E-state index is 0. The van der Waals surface area contributed by atoms with Gasteiger partial charge in [-0.3, -0.25) is 0 Å². The molecule has 0 saturated carbocycles. The topological polar surface area (TPSA) is 0 Å². The van der Waals surface area contributed by atoms with Crippen LogP contribution < -0.4 is 0 Å². The number of hydrogen-bond donors (Lipinski definition) is 0. The molecule has 0 N–H and O–H groups in total. The molecular weight excluding hydrogens is 467 g/mol. The van der Waals surface area contributed by atoms with Crippen molar-refractivity contribution in [1.29, 1.82) is 0 Å². The van der Waals surface area contributed by atoms with Gasteiger partial charge in [-0.2, -0.15) is 0 Å². The zero-order valence-corrected chi connectivity index (χ0v) is 8.62. The zero-order valence-electron chi connectivity index (χ0n) is 1.45. The molecule has 0 aromatic rings. The molecule has 0 heterocycles. The molecule has 0 aromatic heterocycles. The third-order valence-corrected chi connectivity index (χ3v) is 0. The van der Waals surface area contributed by atoms with Crippen molar-refractivity contribution in [3.63, 3.8) is 0 Å². The fraction of sp³-hybridized carbons (Fsp3) is 0. The summed E-state index contributed by atoms with van der Waals surface area (Å²) in [5.74, 6) is 0. The Bertz CT molecular complexity index is 11.6. The summed E-state index contributed by atoms with van der Waals surface area (Å²) in [4.78, 5) is 0. The van der Waals surface area contributed by atoms with Crippen LogP contribution in [0.25, 0.3) is 0 Å². The van der Waals surface area contributed by atoms with Gasteiger partial charge in [0.2, 0.25) is 0 Å². The molecule has 0 aliphatic rings. The van der Waals surface area contributed by atoms with Crippen LogP contribution in [0.1, 0.15) is 0 Å². The van der Waals surface area contributed by atoms with E-state index in [9.17, 15) is 0 Å². The van der Waals surface area contributed by atoms with E-state index in [4.69, 9.17) is 0 Å². The molecular formula is H3BCoCrReTb. The molecule has 0 spiro atoms. The summed E-state index contributed by atoms with van der Waals surface area (Å²) in [6.07, 6.45) is 0. The maximum Gasteiger partial charge on any atom is 0.0814 e. The van der Waals surface area contributed by atoms with Crippen molar-refractivity contribution >= 4 is 8.41 Å². The Labute approximate surface area is 99.6 Å². The fourth-order valence-corrected chi connectivity index (χ4v) is 0. The second-order valence-electron chi connectivity index (χ2n) is 0. The molecule has 0 aliphatic heterocycles. The Hall–Kier alpha value is 3.05. The molecule has 0 aromatic carbocycles. The molecule has 5 heavy (non-hydrogen) atoms. The molecule has 0 rings (SSSR count). The normalized spacial score (nSPS) is 0. The third-order valence-electron chi connectivity index (χ3n) is 0. The summed E-state index contributed by atoms with van der Waals surface area (Å²) in [5, 5.41) is 0. The van der Waals surface area contributed by atoms with Gasteiger partial charge in [-0.1, -0.05) is 0 Å². The largest absolute Gasteiger partial charge is 0.0814 e. The summed E-state index contributed by atoms with van der Waals surface area (Å²) >= 11 is 0. The van der Waals surface area contributed by atoms with E-state index in [0.717, 1.165) is 0 Å². The molecule has 0 unspecified atom stereocenters. The number of rotatable bonds is 0. The van der Waals surface area contributed by atoms with Crippen molar-refractivity contribution < 1.29 is 93.2 Å². The molecule has 0 amide bonds. The minimum atomic E-state index is 0. The van der Waals surface area contributed by atoms with Crippen molar-refractivity contribution in [2.24, 2.45) is 0 Å². The van der Waals surface area contributed by atoms with Gasteiger partial charge in [0.15, 0.2) is 0 Å². The molecule has 5 heteroatoms. The standard InChI is InChI=1S/BH3.Co.Cr.Re.Tb/h1H3;;;;. The number of hydrogen-bond acceptors (Lipinski definition) is 0. The summed E-state index contributed by atoms with van der Waals surface area (Å²) < 4.78 is 0. The first-order valence-electron chi connectivity index (χ1n) is 0. The maximum absolute atomic E-state index is 0. The maximum atomic E-state index is 0. The van der Waals surface area contributed by atoms with Gasteiger partial charge >= 0.3 is 0 Å². The van der Waals surface area contributed by atoms with Crippen molar-refractivity contribution in [1.82, 2.24) is 0 Å². The minimum Gasteiger partial charge on any atom is 0 e. The van der Waals surface area contributed by atoms with E-state index in [1.54, 1.807) is 0 Å². The molecule has 3 radical (unpaired) electrons. The zero-order chi connectivity index (χ0) is 0. The van der Waals surface area contributed by atoms with Crippen molar-refractivity contribution in [2.45, 2.75) is 0 Å². The van der Waals surface area contributed by atoms with Gasteiger partial charge in [0.05, 0.1) is 8.41 Å². The quantitative estimate of drug-likeness (QED) is 0.392. The van der Waals surface area contributed by atoms with E-state index in [1.165, 1.54) is 0 Å². The molecule has 37 valence electrons. The van der Waals surface area contributed by atoms with Crippen molar-refractivity contribution in [3.05, 3.63) is 0 Å². The summed E-state index contributed by atoms with van der Waals surface area (Å²) in [5.41, 5.74) is 0. The van der Waals surface area contributed by atoms with Gasteiger partial charge in [-0.05, 0) is 0 Å². The van der Waals surface area contributed by atoms with Gasteiger partial charge < -0.3 is 0 Å². The van der Waals surface area contributed by atoms with Crippen LogP contribution in [0.5, 0.6) is 0 Å². The van der Waals surface area contributed by atoms with E-state index in [1.807, 2.05) is 0 Å². The van der Waals surface area contributed by atoms with Crippen molar-refractivity contribution in [3.8, 4) is 0 Å². The van der Waals surface area contributed by atoms with E-state index < -0.39 is 0 Å². The van der Waals surface area contributed by atoms with Gasteiger partial charge in [-0.15, -0.1) is 0 Å². The second kappa shape index (κ2) is 27.7. The summed E-state index contributed by atoms with van der Waals surface area (Å²) in [7, 11) is 0. The van der Waals surface area contributed by atoms with E-state index >= 15 is 0 Å². The Kier molecular flexibility index (Phi) is 238. The fourth-order valence-electron chi connectivity index (χ4n) is 0. The molecule has 0 aliphatic carbocycles.